The molecule has 10 aromatic rings. The van der Waals surface area contributed by atoms with Crippen molar-refractivity contribution in [3.05, 3.63) is 157 Å². The Bertz CT molecular complexity index is 2970. The van der Waals surface area contributed by atoms with Crippen LogP contribution in [0, 0.1) is 0 Å². The Morgan fingerprint density at radius 3 is 1.63 bits per heavy atom. The Morgan fingerprint density at radius 2 is 0.918 bits per heavy atom. The minimum absolute atomic E-state index is 0.0354. The van der Waals surface area contributed by atoms with Crippen molar-refractivity contribution in [1.82, 2.24) is 0 Å². The van der Waals surface area contributed by atoms with E-state index in [-0.39, 0.29) is 5.41 Å². The number of fused-ring (bicyclic) bond motifs is 12. The molecule has 0 bridgehead atoms. The zero-order chi connectivity index (χ0) is 32.4. The number of rotatable bonds is 2. The fourth-order valence-electron chi connectivity index (χ4n) is 8.86. The van der Waals surface area contributed by atoms with Gasteiger partial charge in [-0.15, -0.1) is 0 Å². The van der Waals surface area contributed by atoms with E-state index in [4.69, 9.17) is 8.83 Å². The molecule has 0 unspecified atom stereocenters. The van der Waals surface area contributed by atoms with Crippen LogP contribution in [0.5, 0.6) is 0 Å². The molecule has 0 amide bonds. The molecule has 0 N–H and O–H groups in total. The van der Waals surface area contributed by atoms with Crippen molar-refractivity contribution < 1.29 is 8.83 Å². The van der Waals surface area contributed by atoms with Gasteiger partial charge in [0, 0.05) is 32.7 Å². The van der Waals surface area contributed by atoms with Crippen LogP contribution >= 0.6 is 0 Å². The number of hydrogen-bond acceptors (Lipinski definition) is 2. The van der Waals surface area contributed by atoms with Crippen molar-refractivity contribution in [3.8, 4) is 33.4 Å². The second-order valence-electron chi connectivity index (χ2n) is 14.0. The van der Waals surface area contributed by atoms with Crippen LogP contribution in [0.15, 0.2) is 154 Å². The Kier molecular flexibility index (Phi) is 5.21. The van der Waals surface area contributed by atoms with Crippen molar-refractivity contribution in [2.75, 3.05) is 0 Å². The monoisotopic (exact) mass is 626 g/mol. The second kappa shape index (κ2) is 9.49. The van der Waals surface area contributed by atoms with Crippen LogP contribution in [0.25, 0.3) is 98.8 Å². The molecule has 0 aliphatic heterocycles. The summed E-state index contributed by atoms with van der Waals surface area (Å²) in [5.74, 6) is 0. The summed E-state index contributed by atoms with van der Waals surface area (Å²) in [6.45, 7) is 4.69. The van der Waals surface area contributed by atoms with E-state index in [1.54, 1.807) is 0 Å². The number of hydrogen-bond donors (Lipinski definition) is 0. The van der Waals surface area contributed by atoms with Crippen molar-refractivity contribution >= 4 is 65.4 Å². The van der Waals surface area contributed by atoms with Gasteiger partial charge >= 0.3 is 0 Å². The Balaban J connectivity index is 1.28. The van der Waals surface area contributed by atoms with E-state index in [0.717, 1.165) is 49.4 Å². The molecule has 49 heavy (non-hydrogen) atoms. The van der Waals surface area contributed by atoms with Crippen LogP contribution in [0.3, 0.4) is 0 Å². The molecule has 0 fully saturated rings. The smallest absolute Gasteiger partial charge is 0.147 e. The molecule has 0 saturated heterocycles. The molecule has 11 rings (SSSR count). The van der Waals surface area contributed by atoms with Crippen LogP contribution in [0.4, 0.5) is 0 Å². The van der Waals surface area contributed by atoms with Gasteiger partial charge in [-0.3, -0.25) is 0 Å². The first-order chi connectivity index (χ1) is 24.1. The zero-order valence-corrected chi connectivity index (χ0v) is 27.2. The SMILES string of the molecule is CC1(C)c2ccccc2-c2cc(-c3c4ccccc4c(-c4cc5c6ccccc6oc5c5c4oc4ccccc45)c4ccccc34)ccc21. The molecule has 0 atom stereocenters. The van der Waals surface area contributed by atoms with Crippen LogP contribution in [-0.2, 0) is 5.41 Å². The maximum Gasteiger partial charge on any atom is 0.147 e. The molecule has 2 heterocycles. The van der Waals surface area contributed by atoms with E-state index < -0.39 is 0 Å². The summed E-state index contributed by atoms with van der Waals surface area (Å²) in [7, 11) is 0. The first-order valence-corrected chi connectivity index (χ1v) is 17.0. The summed E-state index contributed by atoms with van der Waals surface area (Å²) >= 11 is 0. The molecule has 230 valence electrons. The number of para-hydroxylation sites is 2. The molecular weight excluding hydrogens is 597 g/mol. The number of furan rings is 2. The maximum absolute atomic E-state index is 6.80. The van der Waals surface area contributed by atoms with Gasteiger partial charge in [0.25, 0.3) is 0 Å². The van der Waals surface area contributed by atoms with Gasteiger partial charge < -0.3 is 8.83 Å². The fraction of sp³-hybridized carbons (Fsp3) is 0.0638. The summed E-state index contributed by atoms with van der Waals surface area (Å²) in [4.78, 5) is 0. The molecule has 1 aliphatic carbocycles. The third-order valence-electron chi connectivity index (χ3n) is 11.1. The van der Waals surface area contributed by atoms with E-state index >= 15 is 0 Å². The van der Waals surface area contributed by atoms with E-state index in [1.807, 2.05) is 12.1 Å². The summed E-state index contributed by atoms with van der Waals surface area (Å²) in [6.07, 6.45) is 0. The molecule has 2 aromatic heterocycles. The van der Waals surface area contributed by atoms with Crippen LogP contribution in [-0.4, -0.2) is 0 Å². The van der Waals surface area contributed by atoms with Crippen molar-refractivity contribution in [2.45, 2.75) is 19.3 Å². The van der Waals surface area contributed by atoms with Gasteiger partial charge in [-0.1, -0.05) is 135 Å². The van der Waals surface area contributed by atoms with E-state index in [0.29, 0.717) is 0 Å². The molecule has 0 saturated carbocycles. The van der Waals surface area contributed by atoms with Crippen LogP contribution < -0.4 is 0 Å². The van der Waals surface area contributed by atoms with Crippen molar-refractivity contribution in [1.29, 1.82) is 0 Å². The quantitative estimate of drug-likeness (QED) is 0.178. The average Bonchev–Trinajstić information content (AvgIpc) is 3.78. The summed E-state index contributed by atoms with van der Waals surface area (Å²) in [5.41, 5.74) is 13.6. The first kappa shape index (κ1) is 26.9. The Hall–Kier alpha value is -6.12. The van der Waals surface area contributed by atoms with E-state index in [2.05, 4.69) is 147 Å². The highest BCUT2D eigenvalue weighted by Crippen LogP contribution is 2.52. The van der Waals surface area contributed by atoms with Gasteiger partial charge in [-0.25, -0.2) is 0 Å². The lowest BCUT2D eigenvalue weighted by molar-refractivity contribution is 0.660. The summed E-state index contributed by atoms with van der Waals surface area (Å²) in [5, 5.41) is 9.15. The van der Waals surface area contributed by atoms with Crippen LogP contribution in [0.2, 0.25) is 0 Å². The third kappa shape index (κ3) is 3.50. The van der Waals surface area contributed by atoms with Crippen molar-refractivity contribution in [2.24, 2.45) is 0 Å². The molecule has 2 heteroatoms. The van der Waals surface area contributed by atoms with Gasteiger partial charge in [-0.2, -0.15) is 0 Å². The lowest BCUT2D eigenvalue weighted by Crippen LogP contribution is -2.14. The molecule has 1 aliphatic rings. The average molecular weight is 627 g/mol. The van der Waals surface area contributed by atoms with E-state index in [9.17, 15) is 0 Å². The van der Waals surface area contributed by atoms with E-state index in [1.165, 1.54) is 60.5 Å². The minimum Gasteiger partial charge on any atom is -0.455 e. The lowest BCUT2D eigenvalue weighted by Gasteiger charge is -2.22. The predicted molar refractivity (Wildman–Crippen MR) is 204 cm³/mol. The molecule has 0 radical (unpaired) electrons. The highest BCUT2D eigenvalue weighted by atomic mass is 16.3. The molecular formula is C47H30O2. The van der Waals surface area contributed by atoms with Gasteiger partial charge in [0.1, 0.15) is 22.3 Å². The number of benzene rings is 8. The molecule has 0 spiro atoms. The Labute approximate surface area is 282 Å². The maximum atomic E-state index is 6.80. The van der Waals surface area contributed by atoms with Gasteiger partial charge in [0.05, 0.1) is 5.39 Å². The molecule has 8 aromatic carbocycles. The van der Waals surface area contributed by atoms with Crippen molar-refractivity contribution in [3.63, 3.8) is 0 Å². The highest BCUT2D eigenvalue weighted by molar-refractivity contribution is 6.29. The Morgan fingerprint density at radius 1 is 0.388 bits per heavy atom. The predicted octanol–water partition coefficient (Wildman–Crippen LogP) is 13.4. The minimum atomic E-state index is -0.0354. The fourth-order valence-corrected chi connectivity index (χ4v) is 8.86. The standard InChI is InChI=1S/C47H30O2/c1-47(2)38-20-10-7-13-28(38)35-25-27(23-24-39(35)47)42-30-15-3-5-17-32(30)43(33-18-6-4-16-31(33)42)37-26-36-29-14-8-11-21-40(29)48-45(36)44-34-19-9-12-22-41(34)49-46(37)44/h3-26H,1-2H3. The largest absolute Gasteiger partial charge is 0.455 e. The van der Waals surface area contributed by atoms with Gasteiger partial charge in [0.2, 0.25) is 0 Å². The topological polar surface area (TPSA) is 26.3 Å². The lowest BCUT2D eigenvalue weighted by atomic mass is 9.81. The summed E-state index contributed by atoms with van der Waals surface area (Å²) < 4.78 is 13.4. The van der Waals surface area contributed by atoms with Gasteiger partial charge in [-0.05, 0) is 79.2 Å². The van der Waals surface area contributed by atoms with Gasteiger partial charge in [0.15, 0.2) is 0 Å². The van der Waals surface area contributed by atoms with Crippen LogP contribution in [0.1, 0.15) is 25.0 Å². The normalized spacial score (nSPS) is 13.7. The third-order valence-corrected chi connectivity index (χ3v) is 11.1. The highest BCUT2D eigenvalue weighted by Gasteiger charge is 2.35. The molecule has 2 nitrogen and oxygen atoms in total. The second-order valence-corrected chi connectivity index (χ2v) is 14.0. The zero-order valence-electron chi connectivity index (χ0n) is 27.2. The summed E-state index contributed by atoms with van der Waals surface area (Å²) in [6, 6.07) is 52.7. The first-order valence-electron chi connectivity index (χ1n) is 17.0.